The maximum absolute atomic E-state index is 7.51. The third kappa shape index (κ3) is 6.24. The molecule has 0 saturated heterocycles. The molecule has 0 aliphatic carbocycles. The molecule has 2 aromatic rings. The summed E-state index contributed by atoms with van der Waals surface area (Å²) < 4.78 is 0. The van der Waals surface area contributed by atoms with Crippen molar-refractivity contribution in [1.29, 1.82) is 5.41 Å². The molecule has 0 atom stereocenters. The lowest BCUT2D eigenvalue weighted by Gasteiger charge is -2.09. The number of nitrogens with one attached hydrogen (secondary N) is 3. The molecule has 0 unspecified atom stereocenters. The number of hydrazine groups is 1. The first kappa shape index (κ1) is 17.7. The van der Waals surface area contributed by atoms with E-state index in [-0.39, 0.29) is 0 Å². The molecule has 0 saturated carbocycles. The number of aliphatic imine (C=N–C) groups is 1. The normalized spacial score (nSPS) is 11.1. The van der Waals surface area contributed by atoms with E-state index in [0.29, 0.717) is 0 Å². The molecule has 0 spiro atoms. The Balaban J connectivity index is 1.87. The molecule has 4 nitrogen and oxygen atoms in total. The van der Waals surface area contributed by atoms with Crippen LogP contribution in [0.4, 0.5) is 17.1 Å². The molecule has 0 heterocycles. The molecule has 0 aromatic heterocycles. The monoisotopic (exact) mass is 322 g/mol. The second-order valence-corrected chi connectivity index (χ2v) is 5.72. The number of rotatable bonds is 10. The van der Waals surface area contributed by atoms with Crippen LogP contribution in [-0.4, -0.2) is 11.9 Å². The first-order valence-electron chi connectivity index (χ1n) is 8.57. The van der Waals surface area contributed by atoms with Crippen molar-refractivity contribution < 1.29 is 0 Å². The highest BCUT2D eigenvalue weighted by molar-refractivity contribution is 6.30. The topological polar surface area (TPSA) is 60.3 Å². The zero-order valence-corrected chi connectivity index (χ0v) is 14.3. The van der Waals surface area contributed by atoms with Crippen LogP contribution in [0.25, 0.3) is 0 Å². The van der Waals surface area contributed by atoms with Crippen LogP contribution in [0.15, 0.2) is 59.6 Å². The van der Waals surface area contributed by atoms with E-state index in [1.54, 1.807) is 0 Å². The highest BCUT2D eigenvalue weighted by atomic mass is 15.4. The molecule has 2 aromatic carbocycles. The summed E-state index contributed by atoms with van der Waals surface area (Å²) >= 11 is 0. The first-order chi connectivity index (χ1) is 11.8. The van der Waals surface area contributed by atoms with Gasteiger partial charge >= 0.3 is 0 Å². The molecule has 3 N–H and O–H groups in total. The molecule has 0 aliphatic rings. The van der Waals surface area contributed by atoms with Crippen molar-refractivity contribution in [2.75, 3.05) is 10.9 Å². The van der Waals surface area contributed by atoms with E-state index < -0.39 is 0 Å². The third-order valence-electron chi connectivity index (χ3n) is 3.72. The number of anilines is 2. The van der Waals surface area contributed by atoms with E-state index in [4.69, 9.17) is 5.41 Å². The van der Waals surface area contributed by atoms with E-state index in [1.165, 1.54) is 25.5 Å². The van der Waals surface area contributed by atoms with Crippen molar-refractivity contribution in [2.45, 2.75) is 39.0 Å². The lowest BCUT2D eigenvalue weighted by molar-refractivity contribution is 0.684. The van der Waals surface area contributed by atoms with Gasteiger partial charge in [0.2, 0.25) is 0 Å². The Hall–Kier alpha value is -2.62. The summed E-state index contributed by atoms with van der Waals surface area (Å²) in [6.45, 7) is 2.20. The van der Waals surface area contributed by atoms with Gasteiger partial charge < -0.3 is 16.3 Å². The number of hydrogen-bond donors (Lipinski definition) is 3. The molecule has 4 heteroatoms. The Kier molecular flexibility index (Phi) is 7.54. The second kappa shape index (κ2) is 10.2. The van der Waals surface area contributed by atoms with Gasteiger partial charge in [-0.15, -0.1) is 0 Å². The van der Waals surface area contributed by atoms with Gasteiger partial charge in [0.05, 0.1) is 22.8 Å². The fraction of sp³-hybridized carbons (Fsp3) is 0.300. The van der Waals surface area contributed by atoms with Crippen LogP contribution in [0.5, 0.6) is 0 Å². The molecule has 2 rings (SSSR count). The van der Waals surface area contributed by atoms with E-state index in [0.717, 1.165) is 35.6 Å². The van der Waals surface area contributed by atoms with Gasteiger partial charge in [-0.1, -0.05) is 44.4 Å². The van der Waals surface area contributed by atoms with Crippen LogP contribution < -0.4 is 10.9 Å². The molecule has 0 radical (unpaired) electrons. The van der Waals surface area contributed by atoms with Crippen LogP contribution in [0.2, 0.25) is 0 Å². The van der Waals surface area contributed by atoms with Crippen molar-refractivity contribution in [1.82, 2.24) is 0 Å². The number of unbranched alkanes of at least 4 members (excludes halogenated alkanes) is 3. The van der Waals surface area contributed by atoms with Crippen molar-refractivity contribution in [2.24, 2.45) is 4.99 Å². The maximum atomic E-state index is 7.51. The van der Waals surface area contributed by atoms with E-state index in [2.05, 4.69) is 22.8 Å². The van der Waals surface area contributed by atoms with Gasteiger partial charge in [0.25, 0.3) is 0 Å². The van der Waals surface area contributed by atoms with Crippen molar-refractivity contribution in [3.63, 3.8) is 0 Å². The highest BCUT2D eigenvalue weighted by Crippen LogP contribution is 2.18. The Morgan fingerprint density at radius 1 is 0.917 bits per heavy atom. The van der Waals surface area contributed by atoms with Crippen molar-refractivity contribution in [3.8, 4) is 0 Å². The SMILES string of the molecule is CCCCCCC(C=N)=Nc1ccc(NNc2ccccc2)cc1. The fourth-order valence-corrected chi connectivity index (χ4v) is 2.34. The average Bonchev–Trinajstić information content (AvgIpc) is 2.64. The van der Waals surface area contributed by atoms with Crippen LogP contribution >= 0.6 is 0 Å². The fourth-order valence-electron chi connectivity index (χ4n) is 2.34. The van der Waals surface area contributed by atoms with Gasteiger partial charge in [0.1, 0.15) is 0 Å². The number of hydrogen-bond acceptors (Lipinski definition) is 4. The minimum absolute atomic E-state index is 0.842. The molecule has 0 amide bonds. The Morgan fingerprint density at radius 3 is 2.21 bits per heavy atom. The summed E-state index contributed by atoms with van der Waals surface area (Å²) in [5, 5.41) is 7.51. The molecular weight excluding hydrogens is 296 g/mol. The minimum atomic E-state index is 0.842. The van der Waals surface area contributed by atoms with Crippen LogP contribution in [0.3, 0.4) is 0 Å². The van der Waals surface area contributed by atoms with E-state index >= 15 is 0 Å². The molecule has 0 aliphatic heterocycles. The standard InChI is InChI=1S/C20H26N4/c1-2-3-4-6-11-20(16-21)22-17-12-14-19(15-13-17)24-23-18-9-7-5-8-10-18/h5,7-10,12-16,21,23-24H,2-4,6,11H2,1H3. The summed E-state index contributed by atoms with van der Waals surface area (Å²) in [4.78, 5) is 4.56. The molecule has 0 bridgehead atoms. The van der Waals surface area contributed by atoms with Crippen LogP contribution in [0, 0.1) is 5.41 Å². The summed E-state index contributed by atoms with van der Waals surface area (Å²) in [7, 11) is 0. The minimum Gasteiger partial charge on any atom is -0.307 e. The van der Waals surface area contributed by atoms with Crippen LogP contribution in [0.1, 0.15) is 39.0 Å². The van der Waals surface area contributed by atoms with Gasteiger partial charge in [0.15, 0.2) is 0 Å². The van der Waals surface area contributed by atoms with Crippen molar-refractivity contribution >= 4 is 29.0 Å². The molecule has 0 fully saturated rings. The van der Waals surface area contributed by atoms with Gasteiger partial charge in [0, 0.05) is 6.21 Å². The Labute approximate surface area is 144 Å². The predicted octanol–water partition coefficient (Wildman–Crippen LogP) is 5.82. The predicted molar refractivity (Wildman–Crippen MR) is 105 cm³/mol. The zero-order valence-electron chi connectivity index (χ0n) is 14.3. The Bertz CT molecular complexity index is 632. The smallest absolute Gasteiger partial charge is 0.0635 e. The highest BCUT2D eigenvalue weighted by Gasteiger charge is 1.98. The van der Waals surface area contributed by atoms with Gasteiger partial charge in [-0.3, -0.25) is 4.99 Å². The summed E-state index contributed by atoms with van der Waals surface area (Å²) in [6.07, 6.45) is 7.02. The lowest BCUT2D eigenvalue weighted by atomic mass is 10.1. The van der Waals surface area contributed by atoms with Gasteiger partial charge in [-0.25, -0.2) is 0 Å². The van der Waals surface area contributed by atoms with Crippen molar-refractivity contribution in [3.05, 3.63) is 54.6 Å². The number of para-hydroxylation sites is 1. The third-order valence-corrected chi connectivity index (χ3v) is 3.72. The second-order valence-electron chi connectivity index (χ2n) is 5.72. The molecule has 126 valence electrons. The summed E-state index contributed by atoms with van der Waals surface area (Å²) in [6, 6.07) is 17.8. The van der Waals surface area contributed by atoms with Crippen LogP contribution in [-0.2, 0) is 0 Å². The Morgan fingerprint density at radius 2 is 1.58 bits per heavy atom. The first-order valence-corrected chi connectivity index (χ1v) is 8.57. The zero-order chi connectivity index (χ0) is 17.0. The molecular formula is C20H26N4. The summed E-state index contributed by atoms with van der Waals surface area (Å²) in [5.41, 5.74) is 10.0. The van der Waals surface area contributed by atoms with E-state index in [1.807, 2.05) is 54.6 Å². The van der Waals surface area contributed by atoms with Gasteiger partial charge in [-0.05, 0) is 49.2 Å². The summed E-state index contributed by atoms with van der Waals surface area (Å²) in [5.74, 6) is 0. The maximum Gasteiger partial charge on any atom is 0.0635 e. The average molecular weight is 322 g/mol. The lowest BCUT2D eigenvalue weighted by Crippen LogP contribution is -2.07. The number of benzene rings is 2. The van der Waals surface area contributed by atoms with Gasteiger partial charge in [-0.2, -0.15) is 0 Å². The quantitative estimate of drug-likeness (QED) is 0.293. The number of nitrogens with zero attached hydrogens (tertiary/aromatic N) is 1. The molecule has 24 heavy (non-hydrogen) atoms. The largest absolute Gasteiger partial charge is 0.307 e. The van der Waals surface area contributed by atoms with E-state index in [9.17, 15) is 0 Å².